The number of amides is 2. The fourth-order valence-electron chi connectivity index (χ4n) is 3.33. The van der Waals surface area contributed by atoms with Crippen molar-refractivity contribution in [3.63, 3.8) is 0 Å². The van der Waals surface area contributed by atoms with Crippen molar-refractivity contribution in [3.8, 4) is 0 Å². The Morgan fingerprint density at radius 2 is 1.88 bits per heavy atom. The van der Waals surface area contributed by atoms with Crippen LogP contribution in [0.2, 0.25) is 0 Å². The lowest BCUT2D eigenvalue weighted by Gasteiger charge is -2.36. The van der Waals surface area contributed by atoms with E-state index in [9.17, 15) is 9.59 Å². The molecule has 3 fully saturated rings. The standard InChI is InChI=1S/C18H24N4O2/c1-12-10-15(12)17(23)20-16-5-4-14(11-19-16)21-6-8-22(9-7-21)18(24)13-2-3-13/h4-5,11-13,15H,2-3,6-10H2,1H3,(H,19,20,23)/t12-,15+/m1/s1. The Balaban J connectivity index is 1.30. The molecule has 0 bridgehead atoms. The molecule has 128 valence electrons. The molecule has 2 atom stereocenters. The lowest BCUT2D eigenvalue weighted by Crippen LogP contribution is -2.49. The molecule has 0 radical (unpaired) electrons. The van der Waals surface area contributed by atoms with Gasteiger partial charge in [0.2, 0.25) is 11.8 Å². The Hall–Kier alpha value is -2.11. The van der Waals surface area contributed by atoms with Gasteiger partial charge in [0, 0.05) is 38.0 Å². The van der Waals surface area contributed by atoms with E-state index in [1.54, 1.807) is 0 Å². The van der Waals surface area contributed by atoms with E-state index in [0.29, 0.717) is 23.6 Å². The second-order valence-electron chi connectivity index (χ2n) is 7.30. The maximum absolute atomic E-state index is 12.1. The highest BCUT2D eigenvalue weighted by Gasteiger charge is 2.39. The van der Waals surface area contributed by atoms with Gasteiger partial charge < -0.3 is 15.1 Å². The van der Waals surface area contributed by atoms with Crippen molar-refractivity contribution >= 4 is 23.3 Å². The molecule has 24 heavy (non-hydrogen) atoms. The fourth-order valence-corrected chi connectivity index (χ4v) is 3.33. The van der Waals surface area contributed by atoms with Gasteiger partial charge in [0.25, 0.3) is 0 Å². The molecule has 2 aliphatic carbocycles. The third-order valence-corrected chi connectivity index (χ3v) is 5.33. The molecule has 6 nitrogen and oxygen atoms in total. The number of piperazine rings is 1. The van der Waals surface area contributed by atoms with Gasteiger partial charge in [-0.05, 0) is 37.3 Å². The van der Waals surface area contributed by atoms with E-state index >= 15 is 0 Å². The topological polar surface area (TPSA) is 65.5 Å². The summed E-state index contributed by atoms with van der Waals surface area (Å²) in [5.41, 5.74) is 1.05. The quantitative estimate of drug-likeness (QED) is 0.914. The smallest absolute Gasteiger partial charge is 0.228 e. The van der Waals surface area contributed by atoms with Gasteiger partial charge in [-0.25, -0.2) is 4.98 Å². The monoisotopic (exact) mass is 328 g/mol. The normalized spacial score (nSPS) is 26.2. The molecule has 3 aliphatic rings. The second kappa shape index (κ2) is 6.07. The van der Waals surface area contributed by atoms with Crippen molar-refractivity contribution in [2.75, 3.05) is 36.4 Å². The van der Waals surface area contributed by atoms with E-state index < -0.39 is 0 Å². The molecule has 0 unspecified atom stereocenters. The minimum absolute atomic E-state index is 0.0787. The average Bonchev–Trinajstić information content (AvgIpc) is 3.51. The predicted octanol–water partition coefficient (Wildman–Crippen LogP) is 1.73. The second-order valence-corrected chi connectivity index (χ2v) is 7.30. The zero-order valence-electron chi connectivity index (χ0n) is 14.1. The zero-order chi connectivity index (χ0) is 16.7. The van der Waals surface area contributed by atoms with Crippen molar-refractivity contribution in [3.05, 3.63) is 18.3 Å². The Labute approximate surface area is 142 Å². The van der Waals surface area contributed by atoms with Crippen LogP contribution in [0.15, 0.2) is 18.3 Å². The molecular formula is C18H24N4O2. The van der Waals surface area contributed by atoms with Gasteiger partial charge in [0.05, 0.1) is 11.9 Å². The minimum Gasteiger partial charge on any atom is -0.367 e. The summed E-state index contributed by atoms with van der Waals surface area (Å²) in [6.45, 7) is 5.34. The number of hydrogen-bond donors (Lipinski definition) is 1. The minimum atomic E-state index is 0.0787. The molecule has 1 aliphatic heterocycles. The molecule has 1 aromatic heterocycles. The first-order valence-electron chi connectivity index (χ1n) is 8.92. The van der Waals surface area contributed by atoms with E-state index in [1.807, 2.05) is 23.2 Å². The first kappa shape index (κ1) is 15.4. The molecule has 2 amide bonds. The van der Waals surface area contributed by atoms with E-state index in [1.165, 1.54) is 0 Å². The van der Waals surface area contributed by atoms with Crippen LogP contribution in [-0.4, -0.2) is 47.9 Å². The summed E-state index contributed by atoms with van der Waals surface area (Å²) in [6, 6.07) is 3.86. The van der Waals surface area contributed by atoms with Gasteiger partial charge >= 0.3 is 0 Å². The van der Waals surface area contributed by atoms with Gasteiger partial charge in [0.1, 0.15) is 5.82 Å². The third kappa shape index (κ3) is 3.23. The van der Waals surface area contributed by atoms with Gasteiger partial charge in [0.15, 0.2) is 0 Å². The van der Waals surface area contributed by atoms with Crippen LogP contribution in [0.3, 0.4) is 0 Å². The van der Waals surface area contributed by atoms with Crippen molar-refractivity contribution < 1.29 is 9.59 Å². The molecule has 2 heterocycles. The lowest BCUT2D eigenvalue weighted by molar-refractivity contribution is -0.132. The van der Waals surface area contributed by atoms with Crippen molar-refractivity contribution in [2.45, 2.75) is 26.2 Å². The Morgan fingerprint density at radius 3 is 2.42 bits per heavy atom. The predicted molar refractivity (Wildman–Crippen MR) is 91.7 cm³/mol. The van der Waals surface area contributed by atoms with Crippen LogP contribution in [0.5, 0.6) is 0 Å². The van der Waals surface area contributed by atoms with Gasteiger partial charge in [-0.15, -0.1) is 0 Å². The maximum Gasteiger partial charge on any atom is 0.228 e. The summed E-state index contributed by atoms with van der Waals surface area (Å²) >= 11 is 0. The van der Waals surface area contributed by atoms with E-state index in [2.05, 4.69) is 22.1 Å². The number of rotatable bonds is 4. The van der Waals surface area contributed by atoms with Crippen LogP contribution in [0.25, 0.3) is 0 Å². The summed E-state index contributed by atoms with van der Waals surface area (Å²) in [6.07, 6.45) is 4.92. The van der Waals surface area contributed by atoms with Crippen LogP contribution in [0, 0.1) is 17.8 Å². The molecule has 1 N–H and O–H groups in total. The van der Waals surface area contributed by atoms with Gasteiger partial charge in [-0.3, -0.25) is 9.59 Å². The van der Waals surface area contributed by atoms with E-state index in [4.69, 9.17) is 0 Å². The van der Waals surface area contributed by atoms with Crippen LogP contribution in [-0.2, 0) is 9.59 Å². The number of pyridine rings is 1. The molecule has 0 spiro atoms. The molecule has 1 aromatic rings. The first-order valence-corrected chi connectivity index (χ1v) is 8.92. The number of carbonyl (C=O) groups is 2. The molecule has 1 saturated heterocycles. The Kier molecular flexibility index (Phi) is 3.90. The van der Waals surface area contributed by atoms with Crippen LogP contribution >= 0.6 is 0 Å². The molecule has 0 aromatic carbocycles. The lowest BCUT2D eigenvalue weighted by atomic mass is 10.2. The highest BCUT2D eigenvalue weighted by molar-refractivity contribution is 5.93. The molecule has 4 rings (SSSR count). The summed E-state index contributed by atoms with van der Waals surface area (Å²) in [5, 5.41) is 2.88. The summed E-state index contributed by atoms with van der Waals surface area (Å²) in [5.74, 6) is 1.98. The zero-order valence-corrected chi connectivity index (χ0v) is 14.1. The van der Waals surface area contributed by atoms with E-state index in [-0.39, 0.29) is 11.8 Å². The maximum atomic E-state index is 12.1. The summed E-state index contributed by atoms with van der Waals surface area (Å²) < 4.78 is 0. The van der Waals surface area contributed by atoms with E-state index in [0.717, 1.165) is 51.1 Å². The molecular weight excluding hydrogens is 304 g/mol. The number of carbonyl (C=O) groups excluding carboxylic acids is 2. The van der Waals surface area contributed by atoms with Crippen LogP contribution < -0.4 is 10.2 Å². The number of anilines is 2. The number of hydrogen-bond acceptors (Lipinski definition) is 4. The van der Waals surface area contributed by atoms with Crippen molar-refractivity contribution in [1.82, 2.24) is 9.88 Å². The van der Waals surface area contributed by atoms with Crippen molar-refractivity contribution in [2.24, 2.45) is 17.8 Å². The number of nitrogens with zero attached hydrogens (tertiary/aromatic N) is 3. The van der Waals surface area contributed by atoms with Gasteiger partial charge in [-0.2, -0.15) is 0 Å². The Morgan fingerprint density at radius 1 is 1.17 bits per heavy atom. The van der Waals surface area contributed by atoms with Crippen LogP contribution in [0.1, 0.15) is 26.2 Å². The number of nitrogens with one attached hydrogen (secondary N) is 1. The highest BCUT2D eigenvalue weighted by Crippen LogP contribution is 2.38. The average molecular weight is 328 g/mol. The largest absolute Gasteiger partial charge is 0.367 e. The SMILES string of the molecule is C[C@@H]1C[C@@H]1C(=O)Nc1ccc(N2CCN(C(=O)C3CC3)CC2)cn1. The summed E-state index contributed by atoms with van der Waals surface area (Å²) in [7, 11) is 0. The van der Waals surface area contributed by atoms with Crippen molar-refractivity contribution in [1.29, 1.82) is 0 Å². The summed E-state index contributed by atoms with van der Waals surface area (Å²) in [4.78, 5) is 32.6. The van der Waals surface area contributed by atoms with Crippen LogP contribution in [0.4, 0.5) is 11.5 Å². The molecule has 6 heteroatoms. The van der Waals surface area contributed by atoms with Gasteiger partial charge in [-0.1, -0.05) is 6.92 Å². The Bertz CT molecular complexity index is 633. The third-order valence-electron chi connectivity index (χ3n) is 5.33. The molecule has 2 saturated carbocycles. The fraction of sp³-hybridized carbons (Fsp3) is 0.611. The highest BCUT2D eigenvalue weighted by atomic mass is 16.2. The first-order chi connectivity index (χ1) is 11.6. The number of aromatic nitrogens is 1.